The number of para-hydroxylation sites is 1. The third-order valence-corrected chi connectivity index (χ3v) is 5.19. The molecule has 168 valence electrons. The normalized spacial score (nSPS) is 10.7. The summed E-state index contributed by atoms with van der Waals surface area (Å²) in [5.74, 6) is 0.341. The summed E-state index contributed by atoms with van der Waals surface area (Å²) >= 11 is 0. The van der Waals surface area contributed by atoms with Gasteiger partial charge in [0.25, 0.3) is 0 Å². The van der Waals surface area contributed by atoms with E-state index in [2.05, 4.69) is 0 Å². The van der Waals surface area contributed by atoms with Crippen LogP contribution in [0.5, 0.6) is 11.5 Å². The Hall–Kier alpha value is -4.06. The second-order valence-electron chi connectivity index (χ2n) is 7.56. The van der Waals surface area contributed by atoms with E-state index in [9.17, 15) is 9.59 Å². The predicted molar refractivity (Wildman–Crippen MR) is 126 cm³/mol. The quantitative estimate of drug-likeness (QED) is 0.279. The van der Waals surface area contributed by atoms with Crippen LogP contribution in [0, 0.1) is 13.8 Å². The number of fused-ring (bicyclic) bond motifs is 1. The highest BCUT2D eigenvalue weighted by Gasteiger charge is 2.19. The molecule has 0 aliphatic heterocycles. The van der Waals surface area contributed by atoms with E-state index < -0.39 is 12.6 Å². The fourth-order valence-electron chi connectivity index (χ4n) is 3.35. The molecule has 0 saturated carbocycles. The van der Waals surface area contributed by atoms with E-state index in [1.54, 1.807) is 6.07 Å². The van der Waals surface area contributed by atoms with E-state index >= 15 is 0 Å². The number of aryl methyl sites for hydroxylation is 2. The van der Waals surface area contributed by atoms with Crippen LogP contribution in [0.2, 0.25) is 0 Å². The van der Waals surface area contributed by atoms with Crippen molar-refractivity contribution in [2.45, 2.75) is 13.8 Å². The molecule has 0 aliphatic carbocycles. The second-order valence-corrected chi connectivity index (χ2v) is 7.56. The van der Waals surface area contributed by atoms with Gasteiger partial charge < -0.3 is 18.6 Å². The Labute approximate surface area is 191 Å². The molecule has 0 fully saturated rings. The van der Waals surface area contributed by atoms with Gasteiger partial charge in [0.05, 0.1) is 5.39 Å². The van der Waals surface area contributed by atoms with Crippen molar-refractivity contribution in [1.29, 1.82) is 0 Å². The monoisotopic (exact) mass is 444 g/mol. The Kier molecular flexibility index (Phi) is 6.74. The van der Waals surface area contributed by atoms with Crippen molar-refractivity contribution in [2.75, 3.05) is 19.8 Å². The summed E-state index contributed by atoms with van der Waals surface area (Å²) in [6.07, 6.45) is 0. The maximum atomic E-state index is 13.3. The first kappa shape index (κ1) is 22.1. The maximum Gasteiger partial charge on any atom is 0.344 e. The topological polar surface area (TPSA) is 75.0 Å². The van der Waals surface area contributed by atoms with E-state index in [0.717, 1.165) is 11.1 Å². The van der Waals surface area contributed by atoms with Crippen LogP contribution in [0.25, 0.3) is 22.3 Å². The van der Waals surface area contributed by atoms with E-state index in [-0.39, 0.29) is 30.2 Å². The lowest BCUT2D eigenvalue weighted by Crippen LogP contribution is -2.21. The SMILES string of the molecule is Cc1cc2oc(-c3ccccc3)c(OCC(=O)OCCOc3ccccc3)c(=O)c2cc1C. The number of ether oxygens (including phenoxy) is 3. The van der Waals surface area contributed by atoms with Gasteiger partial charge in [-0.1, -0.05) is 48.5 Å². The molecule has 0 unspecified atom stereocenters. The third kappa shape index (κ3) is 5.23. The van der Waals surface area contributed by atoms with E-state index in [1.165, 1.54) is 0 Å². The molecule has 0 amide bonds. The molecule has 4 aromatic rings. The van der Waals surface area contributed by atoms with Gasteiger partial charge in [-0.05, 0) is 49.2 Å². The van der Waals surface area contributed by atoms with Gasteiger partial charge in [-0.3, -0.25) is 4.79 Å². The van der Waals surface area contributed by atoms with Gasteiger partial charge in [-0.15, -0.1) is 0 Å². The molecule has 0 N–H and O–H groups in total. The van der Waals surface area contributed by atoms with Crippen LogP contribution in [0.4, 0.5) is 0 Å². The molecule has 0 saturated heterocycles. The Morgan fingerprint density at radius 3 is 2.24 bits per heavy atom. The number of rotatable bonds is 8. The summed E-state index contributed by atoms with van der Waals surface area (Å²) in [7, 11) is 0. The number of benzene rings is 3. The molecule has 0 aliphatic rings. The lowest BCUT2D eigenvalue weighted by atomic mass is 10.0. The number of esters is 1. The molecule has 1 heterocycles. The van der Waals surface area contributed by atoms with Crippen LogP contribution in [0.3, 0.4) is 0 Å². The molecule has 0 spiro atoms. The average Bonchev–Trinajstić information content (AvgIpc) is 2.83. The largest absolute Gasteiger partial charge is 0.490 e. The first-order valence-electron chi connectivity index (χ1n) is 10.6. The van der Waals surface area contributed by atoms with Gasteiger partial charge in [0.2, 0.25) is 11.2 Å². The van der Waals surface area contributed by atoms with Crippen LogP contribution >= 0.6 is 0 Å². The smallest absolute Gasteiger partial charge is 0.344 e. The number of carbonyl (C=O) groups is 1. The zero-order chi connectivity index (χ0) is 23.2. The molecule has 0 atom stereocenters. The summed E-state index contributed by atoms with van der Waals surface area (Å²) in [6.45, 7) is 3.73. The maximum absolute atomic E-state index is 13.3. The fourth-order valence-corrected chi connectivity index (χ4v) is 3.35. The van der Waals surface area contributed by atoms with Crippen molar-refractivity contribution in [3.05, 3.63) is 94.1 Å². The summed E-state index contributed by atoms with van der Waals surface area (Å²) in [6, 6.07) is 22.0. The van der Waals surface area contributed by atoms with Gasteiger partial charge in [0.1, 0.15) is 24.5 Å². The van der Waals surface area contributed by atoms with Gasteiger partial charge in [-0.2, -0.15) is 0 Å². The molecule has 1 aromatic heterocycles. The summed E-state index contributed by atoms with van der Waals surface area (Å²) in [5.41, 5.74) is 2.79. The highest BCUT2D eigenvalue weighted by Crippen LogP contribution is 2.31. The van der Waals surface area contributed by atoms with Crippen LogP contribution < -0.4 is 14.9 Å². The Balaban J connectivity index is 1.51. The highest BCUT2D eigenvalue weighted by atomic mass is 16.6. The third-order valence-electron chi connectivity index (χ3n) is 5.19. The molecule has 0 bridgehead atoms. The van der Waals surface area contributed by atoms with Gasteiger partial charge in [-0.25, -0.2) is 4.79 Å². The van der Waals surface area contributed by atoms with Gasteiger partial charge in [0, 0.05) is 5.56 Å². The highest BCUT2D eigenvalue weighted by molar-refractivity contribution is 5.83. The molecule has 3 aromatic carbocycles. The minimum atomic E-state index is -0.606. The zero-order valence-electron chi connectivity index (χ0n) is 18.5. The first-order valence-corrected chi connectivity index (χ1v) is 10.6. The standard InChI is InChI=1S/C27H24O6/c1-18-15-22-23(16-19(18)2)33-26(20-9-5-3-6-10-20)27(25(22)29)32-17-24(28)31-14-13-30-21-11-7-4-8-12-21/h3-12,15-16H,13-14,17H2,1-2H3. The Morgan fingerprint density at radius 2 is 1.52 bits per heavy atom. The Morgan fingerprint density at radius 1 is 0.848 bits per heavy atom. The van der Waals surface area contributed by atoms with Crippen molar-refractivity contribution >= 4 is 16.9 Å². The van der Waals surface area contributed by atoms with Crippen molar-refractivity contribution in [2.24, 2.45) is 0 Å². The van der Waals surface area contributed by atoms with Crippen LogP contribution in [-0.4, -0.2) is 25.8 Å². The molecular formula is C27H24O6. The molecule has 6 nitrogen and oxygen atoms in total. The minimum Gasteiger partial charge on any atom is -0.490 e. The fraction of sp³-hybridized carbons (Fsp3) is 0.185. The average molecular weight is 444 g/mol. The molecule has 33 heavy (non-hydrogen) atoms. The molecular weight excluding hydrogens is 420 g/mol. The van der Waals surface area contributed by atoms with Gasteiger partial charge >= 0.3 is 5.97 Å². The van der Waals surface area contributed by atoms with E-state index in [0.29, 0.717) is 22.3 Å². The Bertz CT molecular complexity index is 1310. The lowest BCUT2D eigenvalue weighted by Gasteiger charge is -2.13. The van der Waals surface area contributed by atoms with Crippen LogP contribution in [0.15, 0.2) is 82.0 Å². The van der Waals surface area contributed by atoms with Crippen molar-refractivity contribution in [3.63, 3.8) is 0 Å². The summed E-state index contributed by atoms with van der Waals surface area (Å²) < 4.78 is 22.4. The molecule has 0 radical (unpaired) electrons. The van der Waals surface area contributed by atoms with Crippen molar-refractivity contribution < 1.29 is 23.4 Å². The summed E-state index contributed by atoms with van der Waals surface area (Å²) in [5, 5.41) is 0.400. The second kappa shape index (κ2) is 10.0. The van der Waals surface area contributed by atoms with Crippen molar-refractivity contribution in [1.82, 2.24) is 0 Å². The minimum absolute atomic E-state index is 0.0190. The van der Waals surface area contributed by atoms with Crippen LogP contribution in [-0.2, 0) is 9.53 Å². The molecule has 4 rings (SSSR count). The summed E-state index contributed by atoms with van der Waals surface area (Å²) in [4.78, 5) is 25.5. The number of hydrogen-bond donors (Lipinski definition) is 0. The van der Waals surface area contributed by atoms with Crippen molar-refractivity contribution in [3.8, 4) is 22.8 Å². The number of carbonyl (C=O) groups excluding carboxylic acids is 1. The number of hydrogen-bond acceptors (Lipinski definition) is 6. The van der Waals surface area contributed by atoms with E-state index in [4.69, 9.17) is 18.6 Å². The zero-order valence-corrected chi connectivity index (χ0v) is 18.5. The molecule has 6 heteroatoms. The van der Waals surface area contributed by atoms with Gasteiger partial charge in [0.15, 0.2) is 12.4 Å². The van der Waals surface area contributed by atoms with Crippen LogP contribution in [0.1, 0.15) is 11.1 Å². The first-order chi connectivity index (χ1) is 16.0. The lowest BCUT2D eigenvalue weighted by molar-refractivity contribution is -0.146. The van der Waals surface area contributed by atoms with E-state index in [1.807, 2.05) is 80.6 Å². The predicted octanol–water partition coefficient (Wildman–Crippen LogP) is 5.08.